The van der Waals surface area contributed by atoms with Crippen molar-refractivity contribution in [1.29, 1.82) is 0 Å². The van der Waals surface area contributed by atoms with Gasteiger partial charge in [0.25, 0.3) is 0 Å². The van der Waals surface area contributed by atoms with Crippen LogP contribution in [0.25, 0.3) is 0 Å². The molecule has 1 aromatic heterocycles. The molecule has 0 aliphatic rings. The SMILES string of the molecule is CCc1nn(C(C)C(=O)O)c(CC)c1Oc1cc(Cl)cc(Cl)c1. The van der Waals surface area contributed by atoms with E-state index in [1.165, 1.54) is 4.68 Å². The van der Waals surface area contributed by atoms with Gasteiger partial charge >= 0.3 is 5.97 Å². The van der Waals surface area contributed by atoms with Crippen LogP contribution in [0.2, 0.25) is 10.0 Å². The standard InChI is InChI=1S/C16H18Cl2N2O3/c1-4-13-15(23-12-7-10(17)6-11(18)8-12)14(5-2)20(19-13)9(3)16(21)22/h6-9H,4-5H2,1-3H3,(H,21,22). The Balaban J connectivity index is 2.50. The Labute approximate surface area is 144 Å². The quantitative estimate of drug-likeness (QED) is 0.810. The van der Waals surface area contributed by atoms with Gasteiger partial charge in [-0.3, -0.25) is 4.68 Å². The van der Waals surface area contributed by atoms with Crippen LogP contribution in [0.1, 0.15) is 38.2 Å². The van der Waals surface area contributed by atoms with Gasteiger partial charge in [0.2, 0.25) is 0 Å². The molecule has 0 bridgehead atoms. The van der Waals surface area contributed by atoms with Gasteiger partial charge in [0.1, 0.15) is 17.5 Å². The van der Waals surface area contributed by atoms with E-state index in [0.29, 0.717) is 40.1 Å². The molecule has 2 rings (SSSR count). The maximum Gasteiger partial charge on any atom is 0.328 e. The van der Waals surface area contributed by atoms with Crippen molar-refractivity contribution >= 4 is 29.2 Å². The van der Waals surface area contributed by atoms with E-state index < -0.39 is 12.0 Å². The molecule has 5 nitrogen and oxygen atoms in total. The Hall–Kier alpha value is -1.72. The van der Waals surface area contributed by atoms with Gasteiger partial charge in [-0.25, -0.2) is 4.79 Å². The number of hydrogen-bond donors (Lipinski definition) is 1. The summed E-state index contributed by atoms with van der Waals surface area (Å²) in [6, 6.07) is 4.16. The molecule has 0 aliphatic carbocycles. The van der Waals surface area contributed by atoms with Crippen LogP contribution in [0.3, 0.4) is 0 Å². The summed E-state index contributed by atoms with van der Waals surface area (Å²) >= 11 is 12.0. The van der Waals surface area contributed by atoms with E-state index in [2.05, 4.69) is 5.10 Å². The molecule has 0 saturated heterocycles. The van der Waals surface area contributed by atoms with E-state index in [-0.39, 0.29) is 0 Å². The fraction of sp³-hybridized carbons (Fsp3) is 0.375. The van der Waals surface area contributed by atoms with E-state index in [0.717, 1.165) is 5.69 Å². The number of aromatic nitrogens is 2. The zero-order valence-corrected chi connectivity index (χ0v) is 14.6. The molecule has 1 heterocycles. The molecule has 1 aromatic carbocycles. The number of carboxylic acid groups (broad SMARTS) is 1. The van der Waals surface area contributed by atoms with Crippen LogP contribution in [0.15, 0.2) is 18.2 Å². The topological polar surface area (TPSA) is 64.4 Å². The summed E-state index contributed by atoms with van der Waals surface area (Å²) in [7, 11) is 0. The molecule has 2 aromatic rings. The fourth-order valence-electron chi connectivity index (χ4n) is 2.31. The van der Waals surface area contributed by atoms with Crippen LogP contribution >= 0.6 is 23.2 Å². The van der Waals surface area contributed by atoms with Crippen molar-refractivity contribution in [2.75, 3.05) is 0 Å². The van der Waals surface area contributed by atoms with Gasteiger partial charge in [0.05, 0.1) is 5.69 Å². The van der Waals surface area contributed by atoms with E-state index in [4.69, 9.17) is 27.9 Å². The first-order chi connectivity index (χ1) is 10.9. The van der Waals surface area contributed by atoms with Crippen molar-refractivity contribution in [3.05, 3.63) is 39.6 Å². The minimum absolute atomic E-state index is 0.467. The molecule has 0 spiro atoms. The monoisotopic (exact) mass is 356 g/mol. The minimum Gasteiger partial charge on any atom is -0.480 e. The average Bonchev–Trinajstić information content (AvgIpc) is 2.82. The highest BCUT2D eigenvalue weighted by Crippen LogP contribution is 2.34. The number of rotatable bonds is 6. The summed E-state index contributed by atoms with van der Waals surface area (Å²) in [4.78, 5) is 11.3. The molecule has 1 N–H and O–H groups in total. The molecule has 1 unspecified atom stereocenters. The number of aryl methyl sites for hydroxylation is 1. The molecule has 1 atom stereocenters. The van der Waals surface area contributed by atoms with Gasteiger partial charge < -0.3 is 9.84 Å². The number of ether oxygens (including phenoxy) is 1. The van der Waals surface area contributed by atoms with Crippen LogP contribution in [-0.4, -0.2) is 20.9 Å². The average molecular weight is 357 g/mol. The lowest BCUT2D eigenvalue weighted by Crippen LogP contribution is -2.19. The first-order valence-corrected chi connectivity index (χ1v) is 8.09. The Bertz CT molecular complexity index is 708. The summed E-state index contributed by atoms with van der Waals surface area (Å²) < 4.78 is 7.45. The van der Waals surface area contributed by atoms with E-state index in [1.54, 1.807) is 25.1 Å². The molecule has 124 valence electrons. The third-order valence-electron chi connectivity index (χ3n) is 3.48. The van der Waals surface area contributed by atoms with Crippen LogP contribution in [0, 0.1) is 0 Å². The maximum atomic E-state index is 11.3. The minimum atomic E-state index is -0.942. The zero-order valence-electron chi connectivity index (χ0n) is 13.1. The lowest BCUT2D eigenvalue weighted by atomic mass is 10.2. The van der Waals surface area contributed by atoms with Crippen molar-refractivity contribution in [2.45, 2.75) is 39.7 Å². The highest BCUT2D eigenvalue weighted by molar-refractivity contribution is 6.34. The second kappa shape index (κ2) is 7.23. The molecule has 0 aliphatic heterocycles. The number of carbonyl (C=O) groups is 1. The highest BCUT2D eigenvalue weighted by atomic mass is 35.5. The van der Waals surface area contributed by atoms with Crippen LogP contribution < -0.4 is 4.74 Å². The van der Waals surface area contributed by atoms with Gasteiger partial charge in [-0.1, -0.05) is 37.0 Å². The predicted molar refractivity (Wildman–Crippen MR) is 89.9 cm³/mol. The van der Waals surface area contributed by atoms with Gasteiger partial charge in [0, 0.05) is 10.0 Å². The molecule has 0 fully saturated rings. The number of nitrogens with zero attached hydrogens (tertiary/aromatic N) is 2. The van der Waals surface area contributed by atoms with Crippen LogP contribution in [0.5, 0.6) is 11.5 Å². The third kappa shape index (κ3) is 3.79. The predicted octanol–water partition coefficient (Wildman–Crippen LogP) is 4.75. The summed E-state index contributed by atoms with van der Waals surface area (Å²) in [5.74, 6) is 0.123. The van der Waals surface area contributed by atoms with E-state index in [9.17, 15) is 9.90 Å². The van der Waals surface area contributed by atoms with Gasteiger partial charge in [-0.05, 0) is 38.0 Å². The van der Waals surface area contributed by atoms with E-state index in [1.807, 2.05) is 13.8 Å². The molecule has 0 radical (unpaired) electrons. The normalized spacial score (nSPS) is 12.2. The van der Waals surface area contributed by atoms with Crippen molar-refractivity contribution in [3.63, 3.8) is 0 Å². The molecular formula is C16H18Cl2N2O3. The molecular weight excluding hydrogens is 339 g/mol. The number of hydrogen-bond acceptors (Lipinski definition) is 3. The number of benzene rings is 1. The van der Waals surface area contributed by atoms with Gasteiger partial charge in [-0.2, -0.15) is 5.10 Å². The van der Waals surface area contributed by atoms with Gasteiger partial charge in [0.15, 0.2) is 5.75 Å². The second-order valence-electron chi connectivity index (χ2n) is 5.10. The summed E-state index contributed by atoms with van der Waals surface area (Å²) in [6.45, 7) is 5.46. The first-order valence-electron chi connectivity index (χ1n) is 7.34. The third-order valence-corrected chi connectivity index (χ3v) is 3.92. The fourth-order valence-corrected chi connectivity index (χ4v) is 2.81. The number of carboxylic acids is 1. The Morgan fingerprint density at radius 3 is 2.35 bits per heavy atom. The largest absolute Gasteiger partial charge is 0.480 e. The Kier molecular flexibility index (Phi) is 5.55. The Morgan fingerprint density at radius 1 is 1.26 bits per heavy atom. The number of halogens is 2. The smallest absolute Gasteiger partial charge is 0.328 e. The molecule has 23 heavy (non-hydrogen) atoms. The summed E-state index contributed by atoms with van der Waals surface area (Å²) in [5.41, 5.74) is 1.43. The van der Waals surface area contributed by atoms with Gasteiger partial charge in [-0.15, -0.1) is 0 Å². The zero-order chi connectivity index (χ0) is 17.1. The highest BCUT2D eigenvalue weighted by Gasteiger charge is 2.24. The lowest BCUT2D eigenvalue weighted by Gasteiger charge is -2.12. The van der Waals surface area contributed by atoms with Crippen molar-refractivity contribution in [1.82, 2.24) is 9.78 Å². The first kappa shape index (κ1) is 17.6. The van der Waals surface area contributed by atoms with E-state index >= 15 is 0 Å². The molecule has 0 amide bonds. The second-order valence-corrected chi connectivity index (χ2v) is 5.97. The van der Waals surface area contributed by atoms with Crippen molar-refractivity contribution in [2.24, 2.45) is 0 Å². The summed E-state index contributed by atoms with van der Waals surface area (Å²) in [6.07, 6.45) is 1.21. The Morgan fingerprint density at radius 2 is 1.87 bits per heavy atom. The maximum absolute atomic E-state index is 11.3. The number of aliphatic carboxylic acids is 1. The molecule has 7 heteroatoms. The van der Waals surface area contributed by atoms with Crippen molar-refractivity contribution in [3.8, 4) is 11.5 Å². The van der Waals surface area contributed by atoms with Crippen LogP contribution in [0.4, 0.5) is 0 Å². The van der Waals surface area contributed by atoms with Crippen LogP contribution in [-0.2, 0) is 17.6 Å². The lowest BCUT2D eigenvalue weighted by molar-refractivity contribution is -0.140. The van der Waals surface area contributed by atoms with Crippen molar-refractivity contribution < 1.29 is 14.6 Å². The molecule has 0 saturated carbocycles. The summed E-state index contributed by atoms with van der Waals surface area (Å²) in [5, 5.41) is 14.6.